The van der Waals surface area contributed by atoms with E-state index in [0.717, 1.165) is 19.4 Å². The molecule has 2 amide bonds. The van der Waals surface area contributed by atoms with Crippen molar-refractivity contribution in [3.8, 4) is 0 Å². The lowest BCUT2D eigenvalue weighted by molar-refractivity contribution is -0.139. The van der Waals surface area contributed by atoms with Crippen molar-refractivity contribution in [2.75, 3.05) is 32.1 Å². The highest BCUT2D eigenvalue weighted by atomic mass is 35.5. The average molecular weight is 356 g/mol. The van der Waals surface area contributed by atoms with Gasteiger partial charge in [0.2, 0.25) is 5.91 Å². The van der Waals surface area contributed by atoms with E-state index >= 15 is 0 Å². The Morgan fingerprint density at radius 3 is 2.54 bits per heavy atom. The van der Waals surface area contributed by atoms with Gasteiger partial charge in [0.15, 0.2) is 0 Å². The minimum absolute atomic E-state index is 0. The molecule has 1 aromatic carbocycles. The van der Waals surface area contributed by atoms with Gasteiger partial charge in [0.05, 0.1) is 13.0 Å². The summed E-state index contributed by atoms with van der Waals surface area (Å²) < 4.78 is 4.45. The standard InChI is InChI=1S/C16H21N3O4.ClH/c1-23-14(20)10-18-15(21)11-4-6-13(7-5-11)19-16(22)12-3-2-8-17-9-12;/h4-7,12,17H,2-3,8-10H2,1H3,(H,18,21)(H,19,22);1H. The molecule has 1 aromatic rings. The van der Waals surface area contributed by atoms with Gasteiger partial charge in [0.1, 0.15) is 6.54 Å². The summed E-state index contributed by atoms with van der Waals surface area (Å²) in [4.78, 5) is 34.9. The van der Waals surface area contributed by atoms with Gasteiger partial charge in [-0.05, 0) is 43.7 Å². The molecule has 0 spiro atoms. The number of nitrogens with one attached hydrogen (secondary N) is 3. The molecule has 1 saturated heterocycles. The fourth-order valence-electron chi connectivity index (χ4n) is 2.35. The molecule has 0 aromatic heterocycles. The van der Waals surface area contributed by atoms with Crippen molar-refractivity contribution in [1.29, 1.82) is 0 Å². The van der Waals surface area contributed by atoms with Crippen molar-refractivity contribution < 1.29 is 19.1 Å². The second-order valence-electron chi connectivity index (χ2n) is 5.37. The Hall–Kier alpha value is -2.12. The first-order valence-corrected chi connectivity index (χ1v) is 7.57. The van der Waals surface area contributed by atoms with Crippen molar-refractivity contribution in [2.24, 2.45) is 5.92 Å². The van der Waals surface area contributed by atoms with Gasteiger partial charge in [-0.25, -0.2) is 0 Å². The third-order valence-corrected chi connectivity index (χ3v) is 3.70. The highest BCUT2D eigenvalue weighted by molar-refractivity contribution is 5.97. The summed E-state index contributed by atoms with van der Waals surface area (Å²) in [6, 6.07) is 6.53. The van der Waals surface area contributed by atoms with Gasteiger partial charge in [-0.15, -0.1) is 12.4 Å². The number of halogens is 1. The number of ether oxygens (including phenoxy) is 1. The lowest BCUT2D eigenvalue weighted by Crippen LogP contribution is -2.37. The lowest BCUT2D eigenvalue weighted by Gasteiger charge is -2.21. The van der Waals surface area contributed by atoms with Gasteiger partial charge >= 0.3 is 5.97 Å². The zero-order valence-electron chi connectivity index (χ0n) is 13.5. The molecule has 8 heteroatoms. The first-order valence-electron chi connectivity index (χ1n) is 7.57. The molecule has 0 aliphatic carbocycles. The van der Waals surface area contributed by atoms with Crippen molar-refractivity contribution >= 4 is 35.9 Å². The Kier molecular flexibility index (Phi) is 8.21. The van der Waals surface area contributed by atoms with Crippen LogP contribution in [0.1, 0.15) is 23.2 Å². The summed E-state index contributed by atoms with van der Waals surface area (Å²) in [5.74, 6) is -0.917. The SMILES string of the molecule is COC(=O)CNC(=O)c1ccc(NC(=O)C2CCCNC2)cc1.Cl. The highest BCUT2D eigenvalue weighted by Gasteiger charge is 2.20. The summed E-state index contributed by atoms with van der Waals surface area (Å²) in [6.45, 7) is 1.47. The van der Waals surface area contributed by atoms with E-state index in [1.165, 1.54) is 7.11 Å². The van der Waals surface area contributed by atoms with E-state index in [-0.39, 0.29) is 36.7 Å². The first-order chi connectivity index (χ1) is 11.1. The first kappa shape index (κ1) is 19.9. The molecule has 0 radical (unpaired) electrons. The molecule has 2 rings (SSSR count). The summed E-state index contributed by atoms with van der Waals surface area (Å²) in [5, 5.41) is 8.51. The Labute approximate surface area is 146 Å². The quantitative estimate of drug-likeness (QED) is 0.683. The van der Waals surface area contributed by atoms with E-state index in [9.17, 15) is 14.4 Å². The predicted octanol–water partition coefficient (Wildman–Crippen LogP) is 0.949. The molecule has 3 N–H and O–H groups in total. The van der Waals surface area contributed by atoms with Crippen LogP contribution in [0.15, 0.2) is 24.3 Å². The second-order valence-corrected chi connectivity index (χ2v) is 5.37. The maximum Gasteiger partial charge on any atom is 0.325 e. The molecule has 1 unspecified atom stereocenters. The molecular weight excluding hydrogens is 334 g/mol. The molecule has 1 heterocycles. The number of carbonyl (C=O) groups excluding carboxylic acids is 3. The molecule has 0 saturated carbocycles. The molecular formula is C16H22ClN3O4. The number of benzene rings is 1. The third-order valence-electron chi connectivity index (χ3n) is 3.70. The molecule has 0 bridgehead atoms. The maximum atomic E-state index is 12.1. The minimum atomic E-state index is -0.511. The highest BCUT2D eigenvalue weighted by Crippen LogP contribution is 2.15. The lowest BCUT2D eigenvalue weighted by atomic mass is 9.99. The molecule has 24 heavy (non-hydrogen) atoms. The van der Waals surface area contributed by atoms with Crippen LogP contribution in [0.3, 0.4) is 0 Å². The van der Waals surface area contributed by atoms with Crippen LogP contribution in [-0.2, 0) is 14.3 Å². The Morgan fingerprint density at radius 1 is 1.25 bits per heavy atom. The number of methoxy groups -OCH3 is 1. The number of hydrogen-bond donors (Lipinski definition) is 3. The zero-order valence-corrected chi connectivity index (χ0v) is 14.3. The van der Waals surface area contributed by atoms with Crippen molar-refractivity contribution in [1.82, 2.24) is 10.6 Å². The van der Waals surface area contributed by atoms with Crippen LogP contribution >= 0.6 is 12.4 Å². The monoisotopic (exact) mass is 355 g/mol. The summed E-state index contributed by atoms with van der Waals surface area (Å²) >= 11 is 0. The Bertz CT molecular complexity index is 571. The molecule has 132 valence electrons. The van der Waals surface area contributed by atoms with Crippen LogP contribution in [0.25, 0.3) is 0 Å². The van der Waals surface area contributed by atoms with E-state index in [1.54, 1.807) is 24.3 Å². The summed E-state index contributed by atoms with van der Waals surface area (Å²) in [5.41, 5.74) is 1.05. The maximum absolute atomic E-state index is 12.1. The number of piperidine rings is 1. The van der Waals surface area contributed by atoms with Gasteiger partial charge in [-0.3, -0.25) is 14.4 Å². The Morgan fingerprint density at radius 2 is 1.96 bits per heavy atom. The summed E-state index contributed by atoms with van der Waals surface area (Å²) in [6.07, 6.45) is 1.88. The van der Waals surface area contributed by atoms with Crippen molar-refractivity contribution in [3.05, 3.63) is 29.8 Å². The Balaban J connectivity index is 0.00000288. The molecule has 1 atom stereocenters. The van der Waals surface area contributed by atoms with Crippen LogP contribution in [0.2, 0.25) is 0 Å². The largest absolute Gasteiger partial charge is 0.468 e. The third kappa shape index (κ3) is 5.82. The number of amides is 2. The molecule has 1 aliphatic rings. The summed E-state index contributed by atoms with van der Waals surface area (Å²) in [7, 11) is 1.26. The normalized spacial score (nSPS) is 16.5. The van der Waals surface area contributed by atoms with E-state index in [1.807, 2.05) is 0 Å². The number of carbonyl (C=O) groups is 3. The topological polar surface area (TPSA) is 96.5 Å². The molecule has 7 nitrogen and oxygen atoms in total. The molecule has 1 aliphatic heterocycles. The van der Waals surface area contributed by atoms with E-state index < -0.39 is 5.97 Å². The number of rotatable bonds is 5. The van der Waals surface area contributed by atoms with Crippen LogP contribution in [0.5, 0.6) is 0 Å². The smallest absolute Gasteiger partial charge is 0.325 e. The van der Waals surface area contributed by atoms with Crippen LogP contribution < -0.4 is 16.0 Å². The van der Waals surface area contributed by atoms with Crippen LogP contribution in [-0.4, -0.2) is 44.5 Å². The van der Waals surface area contributed by atoms with Crippen LogP contribution in [0, 0.1) is 5.92 Å². The fourth-order valence-corrected chi connectivity index (χ4v) is 2.35. The van der Waals surface area contributed by atoms with E-state index in [2.05, 4.69) is 20.7 Å². The predicted molar refractivity (Wildman–Crippen MR) is 92.3 cm³/mol. The van der Waals surface area contributed by atoms with Gasteiger partial charge in [-0.1, -0.05) is 0 Å². The van der Waals surface area contributed by atoms with Gasteiger partial charge < -0.3 is 20.7 Å². The van der Waals surface area contributed by atoms with Crippen molar-refractivity contribution in [3.63, 3.8) is 0 Å². The van der Waals surface area contributed by atoms with Crippen molar-refractivity contribution in [2.45, 2.75) is 12.8 Å². The van der Waals surface area contributed by atoms with E-state index in [0.29, 0.717) is 17.8 Å². The number of hydrogen-bond acceptors (Lipinski definition) is 5. The molecule has 1 fully saturated rings. The van der Waals surface area contributed by atoms with E-state index in [4.69, 9.17) is 0 Å². The zero-order chi connectivity index (χ0) is 16.7. The van der Waals surface area contributed by atoms with Gasteiger partial charge in [0.25, 0.3) is 5.91 Å². The number of anilines is 1. The minimum Gasteiger partial charge on any atom is -0.468 e. The van der Waals surface area contributed by atoms with Gasteiger partial charge in [-0.2, -0.15) is 0 Å². The fraction of sp³-hybridized carbons (Fsp3) is 0.438. The van der Waals surface area contributed by atoms with Gasteiger partial charge in [0, 0.05) is 17.8 Å². The average Bonchev–Trinajstić information content (AvgIpc) is 2.60. The number of esters is 1. The van der Waals surface area contributed by atoms with Crippen LogP contribution in [0.4, 0.5) is 5.69 Å². The second kappa shape index (κ2) is 9.89.